The molecule has 0 aromatic carbocycles. The molecule has 0 N–H and O–H groups in total. The molecule has 3 aliphatic rings. The Labute approximate surface area is 223 Å². The Kier molecular flexibility index (Phi) is 6.63. The third kappa shape index (κ3) is 4.91. The minimum absolute atomic E-state index is 0.118. The van der Waals surface area contributed by atoms with Crippen LogP contribution in [0, 0.1) is 0 Å². The molecule has 202 valence electrons. The molecule has 0 bridgehead atoms. The number of alkyl halides is 3. The highest BCUT2D eigenvalue weighted by atomic mass is 32.1. The zero-order valence-electron chi connectivity index (χ0n) is 21.2. The molecule has 12 heteroatoms. The van der Waals surface area contributed by atoms with Crippen LogP contribution >= 0.6 is 11.3 Å². The highest BCUT2D eigenvalue weighted by molar-refractivity contribution is 7.17. The summed E-state index contributed by atoms with van der Waals surface area (Å²) >= 11 is 1.19. The van der Waals surface area contributed by atoms with Gasteiger partial charge in [0.25, 0.3) is 5.91 Å². The molecule has 0 unspecified atom stereocenters. The zero-order valence-corrected chi connectivity index (χ0v) is 22.1. The first-order chi connectivity index (χ1) is 18.3. The van der Waals surface area contributed by atoms with Gasteiger partial charge in [-0.15, -0.1) is 11.3 Å². The fourth-order valence-electron chi connectivity index (χ4n) is 5.44. The van der Waals surface area contributed by atoms with Gasteiger partial charge in [0, 0.05) is 65.0 Å². The second-order valence-corrected chi connectivity index (χ2v) is 11.3. The molecule has 2 aliphatic heterocycles. The molecule has 5 heterocycles. The Hall–Kier alpha value is -2.99. The topological polar surface area (TPSA) is 70.4 Å². The van der Waals surface area contributed by atoms with Crippen molar-refractivity contribution in [1.82, 2.24) is 29.5 Å². The van der Waals surface area contributed by atoms with Crippen LogP contribution in [-0.4, -0.2) is 80.8 Å². The van der Waals surface area contributed by atoms with Crippen molar-refractivity contribution in [3.63, 3.8) is 0 Å². The second-order valence-electron chi connectivity index (χ2n) is 10.2. The molecular formula is C26H30F3N7OS. The lowest BCUT2D eigenvalue weighted by atomic mass is 9.91. The number of carbonyl (C=O) groups excluding carboxylic acids is 1. The lowest BCUT2D eigenvalue weighted by Gasteiger charge is -2.43. The normalized spacial score (nSPS) is 19.3. The molecule has 8 nitrogen and oxygen atoms in total. The van der Waals surface area contributed by atoms with Crippen LogP contribution in [0.15, 0.2) is 24.4 Å². The van der Waals surface area contributed by atoms with Gasteiger partial charge in [-0.1, -0.05) is 6.42 Å². The van der Waals surface area contributed by atoms with E-state index in [-0.39, 0.29) is 5.91 Å². The molecule has 0 radical (unpaired) electrons. The monoisotopic (exact) mass is 545 g/mol. The first-order valence-corrected chi connectivity index (χ1v) is 13.9. The average Bonchev–Trinajstić information content (AvgIpc) is 3.44. The molecule has 38 heavy (non-hydrogen) atoms. The van der Waals surface area contributed by atoms with Crippen molar-refractivity contribution in [2.45, 2.75) is 44.3 Å². The van der Waals surface area contributed by atoms with Crippen molar-refractivity contribution in [2.75, 3.05) is 44.2 Å². The summed E-state index contributed by atoms with van der Waals surface area (Å²) in [5.41, 5.74) is 1.45. The van der Waals surface area contributed by atoms with Crippen LogP contribution in [0.2, 0.25) is 0 Å². The lowest BCUT2D eigenvalue weighted by Crippen LogP contribution is -2.52. The van der Waals surface area contributed by atoms with Crippen LogP contribution in [0.25, 0.3) is 10.6 Å². The van der Waals surface area contributed by atoms with Crippen molar-refractivity contribution < 1.29 is 18.0 Å². The average molecular weight is 546 g/mol. The summed E-state index contributed by atoms with van der Waals surface area (Å²) in [4.78, 5) is 30.6. The van der Waals surface area contributed by atoms with Gasteiger partial charge in [0.1, 0.15) is 0 Å². The summed E-state index contributed by atoms with van der Waals surface area (Å²) < 4.78 is 40.4. The van der Waals surface area contributed by atoms with Crippen LogP contribution in [0.5, 0.6) is 0 Å². The predicted octanol–water partition coefficient (Wildman–Crippen LogP) is 3.87. The number of halogens is 3. The number of fused-ring (bicyclic) bond motifs is 1. The molecule has 3 aromatic heterocycles. The number of carbonyl (C=O) groups is 1. The number of amides is 1. The molecule has 6 rings (SSSR count). The number of rotatable bonds is 4. The molecule has 1 saturated heterocycles. The maximum absolute atomic E-state index is 13.3. The molecule has 1 amide bonds. The van der Waals surface area contributed by atoms with Gasteiger partial charge in [-0.25, -0.2) is 9.97 Å². The van der Waals surface area contributed by atoms with E-state index in [2.05, 4.69) is 19.9 Å². The Morgan fingerprint density at radius 3 is 2.50 bits per heavy atom. The quantitative estimate of drug-likeness (QED) is 0.496. The Morgan fingerprint density at radius 1 is 1.05 bits per heavy atom. The minimum atomic E-state index is -4.51. The van der Waals surface area contributed by atoms with E-state index < -0.39 is 11.9 Å². The molecule has 1 saturated carbocycles. The standard InChI is InChI=1S/C26H30F3N7OS/c1-33-20(15-23(32-33)26(27,28)29)21-5-6-22(38-21)24(37)35-9-7-17-16-30-25(31-19(17)8-10-35)36-13-11-34(12-14-36)18-3-2-4-18/h5-6,15-16,18H,2-4,7-14H2,1H3. The van der Waals surface area contributed by atoms with Crippen molar-refractivity contribution in [1.29, 1.82) is 0 Å². The largest absolute Gasteiger partial charge is 0.435 e. The van der Waals surface area contributed by atoms with E-state index in [9.17, 15) is 18.0 Å². The molecule has 3 aromatic rings. The van der Waals surface area contributed by atoms with E-state index >= 15 is 0 Å². The number of hydrogen-bond acceptors (Lipinski definition) is 7. The summed E-state index contributed by atoms with van der Waals surface area (Å²) in [6, 6.07) is 5.15. The third-order valence-corrected chi connectivity index (χ3v) is 9.02. The maximum atomic E-state index is 13.3. The first-order valence-electron chi connectivity index (χ1n) is 13.1. The zero-order chi connectivity index (χ0) is 26.4. The number of thiophene rings is 1. The van der Waals surface area contributed by atoms with Gasteiger partial charge >= 0.3 is 6.18 Å². The lowest BCUT2D eigenvalue weighted by molar-refractivity contribution is -0.141. The van der Waals surface area contributed by atoms with Gasteiger partial charge in [0.05, 0.1) is 21.1 Å². The van der Waals surface area contributed by atoms with E-state index in [1.165, 1.54) is 42.3 Å². The fraction of sp³-hybridized carbons (Fsp3) is 0.538. The molecule has 1 aliphatic carbocycles. The molecule has 0 atom stereocenters. The summed E-state index contributed by atoms with van der Waals surface area (Å²) in [5, 5.41) is 3.58. The number of anilines is 1. The fourth-order valence-corrected chi connectivity index (χ4v) is 6.46. The number of aromatic nitrogens is 4. The predicted molar refractivity (Wildman–Crippen MR) is 138 cm³/mol. The molecule has 2 fully saturated rings. The SMILES string of the molecule is Cn1nc(C(F)(F)F)cc1-c1ccc(C(=O)N2CCc3cnc(N4CCN(C5CCC5)CC4)nc3CC2)s1. The summed E-state index contributed by atoms with van der Waals surface area (Å²) in [6.45, 7) is 5.04. The van der Waals surface area contributed by atoms with E-state index in [0.717, 1.165) is 55.5 Å². The third-order valence-electron chi connectivity index (χ3n) is 7.93. The minimum Gasteiger partial charge on any atom is -0.338 e. The Bertz CT molecular complexity index is 1320. The van der Waals surface area contributed by atoms with Gasteiger partial charge in [-0.05, 0) is 43.0 Å². The summed E-state index contributed by atoms with van der Waals surface area (Å²) in [5.74, 6) is 0.654. The smallest absolute Gasteiger partial charge is 0.338 e. The van der Waals surface area contributed by atoms with Crippen LogP contribution in [0.3, 0.4) is 0 Å². The van der Waals surface area contributed by atoms with Gasteiger partial charge in [-0.2, -0.15) is 18.3 Å². The van der Waals surface area contributed by atoms with Crippen LogP contribution < -0.4 is 4.90 Å². The molecular weight excluding hydrogens is 515 g/mol. The van der Waals surface area contributed by atoms with Gasteiger partial charge in [-0.3, -0.25) is 14.4 Å². The highest BCUT2D eigenvalue weighted by Gasteiger charge is 2.35. The number of piperazine rings is 1. The van der Waals surface area contributed by atoms with Crippen molar-refractivity contribution in [3.05, 3.63) is 46.2 Å². The number of hydrogen-bond donors (Lipinski definition) is 0. The van der Waals surface area contributed by atoms with E-state index in [1.807, 2.05) is 6.20 Å². The van der Waals surface area contributed by atoms with Crippen molar-refractivity contribution in [3.8, 4) is 10.6 Å². The summed E-state index contributed by atoms with van der Waals surface area (Å²) in [6.07, 6.45) is 2.70. The van der Waals surface area contributed by atoms with E-state index in [1.54, 1.807) is 17.0 Å². The first kappa shape index (κ1) is 25.3. The molecule has 0 spiro atoms. The maximum Gasteiger partial charge on any atom is 0.435 e. The van der Waals surface area contributed by atoms with E-state index in [0.29, 0.717) is 41.4 Å². The van der Waals surface area contributed by atoms with Crippen molar-refractivity contribution in [2.24, 2.45) is 7.05 Å². The van der Waals surface area contributed by atoms with Crippen LogP contribution in [0.4, 0.5) is 19.1 Å². The number of nitrogens with zero attached hydrogens (tertiary/aromatic N) is 7. The van der Waals surface area contributed by atoms with Gasteiger partial charge in [0.15, 0.2) is 5.69 Å². The summed E-state index contributed by atoms with van der Waals surface area (Å²) in [7, 11) is 1.47. The van der Waals surface area contributed by atoms with Gasteiger partial charge in [0.2, 0.25) is 5.95 Å². The number of aryl methyl sites for hydroxylation is 1. The second kappa shape index (κ2) is 9.96. The van der Waals surface area contributed by atoms with Crippen LogP contribution in [-0.2, 0) is 26.1 Å². The Balaban J connectivity index is 1.11. The van der Waals surface area contributed by atoms with E-state index in [4.69, 9.17) is 4.98 Å². The van der Waals surface area contributed by atoms with Crippen LogP contribution in [0.1, 0.15) is 45.9 Å². The Morgan fingerprint density at radius 2 is 1.82 bits per heavy atom. The highest BCUT2D eigenvalue weighted by Crippen LogP contribution is 2.34. The van der Waals surface area contributed by atoms with Gasteiger partial charge < -0.3 is 9.80 Å². The van der Waals surface area contributed by atoms with Crippen molar-refractivity contribution >= 4 is 23.2 Å².